The Balaban J connectivity index is 1.61. The monoisotopic (exact) mass is 445 g/mol. The Morgan fingerprint density at radius 3 is 2.57 bits per heavy atom. The number of aryl methyl sites for hydroxylation is 1. The summed E-state index contributed by atoms with van der Waals surface area (Å²) in [5, 5.41) is 2.34. The van der Waals surface area contributed by atoms with E-state index >= 15 is 0 Å². The van der Waals surface area contributed by atoms with Gasteiger partial charge in [0.1, 0.15) is 7.05 Å². The third kappa shape index (κ3) is 5.89. The van der Waals surface area contributed by atoms with Crippen LogP contribution in [0.3, 0.4) is 0 Å². The van der Waals surface area contributed by atoms with Gasteiger partial charge in [-0.2, -0.15) is 0 Å². The zero-order valence-electron chi connectivity index (χ0n) is 17.5. The average Bonchev–Trinajstić information content (AvgIpc) is 2.68. The number of nitrogens with zero attached hydrogens (tertiary/aromatic N) is 2. The normalized spacial score (nSPS) is 12.7. The van der Waals surface area contributed by atoms with Crippen molar-refractivity contribution in [2.75, 3.05) is 33.7 Å². The zero-order chi connectivity index (χ0) is 21.8. The minimum Gasteiger partial charge on any atom is -0.324 e. The topological polar surface area (TPSA) is 50.0 Å². The molecule has 1 heterocycles. The van der Waals surface area contributed by atoms with Crippen molar-refractivity contribution < 1.29 is 17.5 Å². The molecule has 0 saturated heterocycles. The SMILES string of the molecule is C[n+]1ccc2c(S(=O)(=O)NCC[N+](C)(C)CC=Cc3ccc(Cl)cc3)cccc2c1. The van der Waals surface area contributed by atoms with E-state index in [1.165, 1.54) is 0 Å². The fourth-order valence-electron chi connectivity index (χ4n) is 3.24. The third-order valence-corrected chi connectivity index (χ3v) is 6.77. The van der Waals surface area contributed by atoms with Crippen molar-refractivity contribution >= 4 is 38.5 Å². The molecule has 3 rings (SSSR count). The number of benzene rings is 2. The summed E-state index contributed by atoms with van der Waals surface area (Å²) in [4.78, 5) is 0.313. The van der Waals surface area contributed by atoms with Gasteiger partial charge in [-0.05, 0) is 35.9 Å². The van der Waals surface area contributed by atoms with E-state index in [-0.39, 0.29) is 0 Å². The van der Waals surface area contributed by atoms with Crippen molar-refractivity contribution in [3.05, 3.63) is 77.6 Å². The second-order valence-corrected chi connectivity index (χ2v) is 10.2. The molecule has 0 fully saturated rings. The Kier molecular flexibility index (Phi) is 6.93. The van der Waals surface area contributed by atoms with Crippen LogP contribution >= 0.6 is 11.6 Å². The highest BCUT2D eigenvalue weighted by molar-refractivity contribution is 7.89. The largest absolute Gasteiger partial charge is 0.324 e. The van der Waals surface area contributed by atoms with Crippen LogP contribution in [0.1, 0.15) is 5.56 Å². The minimum atomic E-state index is -3.59. The van der Waals surface area contributed by atoms with Gasteiger partial charge in [0.25, 0.3) is 0 Å². The van der Waals surface area contributed by atoms with E-state index in [4.69, 9.17) is 11.6 Å². The van der Waals surface area contributed by atoms with E-state index in [0.29, 0.717) is 22.5 Å². The predicted octanol–water partition coefficient (Wildman–Crippen LogP) is 3.39. The van der Waals surface area contributed by atoms with Gasteiger partial charge in [0.15, 0.2) is 12.4 Å². The first-order valence-corrected chi connectivity index (χ1v) is 11.6. The van der Waals surface area contributed by atoms with Gasteiger partial charge in [-0.25, -0.2) is 17.7 Å². The fourth-order valence-corrected chi connectivity index (χ4v) is 4.62. The lowest BCUT2D eigenvalue weighted by Gasteiger charge is -2.28. The number of sulfonamides is 1. The first kappa shape index (κ1) is 22.4. The molecule has 7 heteroatoms. The van der Waals surface area contributed by atoms with Gasteiger partial charge in [0.2, 0.25) is 10.0 Å². The Morgan fingerprint density at radius 1 is 1.10 bits per heavy atom. The maximum atomic E-state index is 12.9. The number of quaternary nitrogens is 1. The van der Waals surface area contributed by atoms with E-state index in [1.54, 1.807) is 12.1 Å². The van der Waals surface area contributed by atoms with Crippen molar-refractivity contribution in [1.82, 2.24) is 4.72 Å². The smallest absolute Gasteiger partial charge is 0.241 e. The molecule has 0 unspecified atom stereocenters. The molecule has 0 amide bonds. The molecular formula is C23H28ClN3O2S+2. The number of halogens is 1. The van der Waals surface area contributed by atoms with Crippen LogP contribution in [0.2, 0.25) is 5.02 Å². The second kappa shape index (κ2) is 9.27. The maximum absolute atomic E-state index is 12.9. The van der Waals surface area contributed by atoms with Gasteiger partial charge in [-0.3, -0.25) is 0 Å². The number of likely N-dealkylation sites (N-methyl/N-ethyl adjacent to an activating group) is 1. The molecule has 158 valence electrons. The summed E-state index contributed by atoms with van der Waals surface area (Å²) in [7, 11) is 2.49. The van der Waals surface area contributed by atoms with Crippen LogP contribution in [0.15, 0.2) is 71.9 Å². The third-order valence-electron chi connectivity index (χ3n) is 5.00. The van der Waals surface area contributed by atoms with Gasteiger partial charge >= 0.3 is 0 Å². The van der Waals surface area contributed by atoms with Crippen molar-refractivity contribution in [2.24, 2.45) is 7.05 Å². The lowest BCUT2D eigenvalue weighted by Crippen LogP contribution is -2.45. The highest BCUT2D eigenvalue weighted by Crippen LogP contribution is 2.21. The van der Waals surface area contributed by atoms with Crippen molar-refractivity contribution in [3.63, 3.8) is 0 Å². The molecule has 1 aromatic heterocycles. The molecule has 0 aliphatic carbocycles. The van der Waals surface area contributed by atoms with Gasteiger partial charge in [0, 0.05) is 21.9 Å². The lowest BCUT2D eigenvalue weighted by molar-refractivity contribution is -0.883. The number of nitrogens with one attached hydrogen (secondary N) is 1. The maximum Gasteiger partial charge on any atom is 0.241 e. The van der Waals surface area contributed by atoms with E-state index < -0.39 is 10.0 Å². The Hall–Kier alpha value is -2.25. The van der Waals surface area contributed by atoms with Crippen molar-refractivity contribution in [3.8, 4) is 0 Å². The van der Waals surface area contributed by atoms with Crippen molar-refractivity contribution in [2.45, 2.75) is 4.90 Å². The van der Waals surface area contributed by atoms with E-state index in [0.717, 1.165) is 27.9 Å². The van der Waals surface area contributed by atoms with Crippen LogP contribution < -0.4 is 9.29 Å². The summed E-state index contributed by atoms with van der Waals surface area (Å²) >= 11 is 5.91. The number of hydrogen-bond acceptors (Lipinski definition) is 2. The minimum absolute atomic E-state index is 0.313. The number of rotatable bonds is 8. The van der Waals surface area contributed by atoms with Gasteiger partial charge in [0.05, 0.1) is 38.6 Å². The average molecular weight is 446 g/mol. The first-order valence-electron chi connectivity index (χ1n) is 9.78. The molecule has 0 aliphatic rings. The molecule has 0 radical (unpaired) electrons. The molecule has 30 heavy (non-hydrogen) atoms. The second-order valence-electron chi connectivity index (χ2n) is 8.06. The van der Waals surface area contributed by atoms with Crippen molar-refractivity contribution in [1.29, 1.82) is 0 Å². The van der Waals surface area contributed by atoms with Gasteiger partial charge in [-0.1, -0.05) is 35.9 Å². The molecule has 0 bridgehead atoms. The molecule has 0 aliphatic heterocycles. The summed E-state index contributed by atoms with van der Waals surface area (Å²) in [6.07, 6.45) is 7.93. The molecular weight excluding hydrogens is 418 g/mol. The Bertz CT molecular complexity index is 1160. The van der Waals surface area contributed by atoms with E-state index in [9.17, 15) is 8.42 Å². The predicted molar refractivity (Wildman–Crippen MR) is 123 cm³/mol. The zero-order valence-corrected chi connectivity index (χ0v) is 19.1. The number of pyridine rings is 1. The highest BCUT2D eigenvalue weighted by Gasteiger charge is 2.20. The Labute approximate surface area is 183 Å². The summed E-state index contributed by atoms with van der Waals surface area (Å²) in [5.74, 6) is 0. The molecule has 3 aromatic rings. The van der Waals surface area contributed by atoms with Crippen LogP contribution in [0, 0.1) is 0 Å². The standard InChI is InChI=1S/C23H28ClN3O2S/c1-26-15-13-22-20(18-26)7-4-8-23(22)30(28,29)25-14-17-27(2,3)16-5-6-19-9-11-21(24)12-10-19/h4-13,15,18,25H,14,16-17H2,1-3H3/q+2. The highest BCUT2D eigenvalue weighted by atomic mass is 35.5. The van der Waals surface area contributed by atoms with Gasteiger partial charge < -0.3 is 4.48 Å². The fraction of sp³-hybridized carbons (Fsp3) is 0.261. The molecule has 0 spiro atoms. The lowest BCUT2D eigenvalue weighted by atomic mass is 10.2. The van der Waals surface area contributed by atoms with Crippen LogP contribution in [0.5, 0.6) is 0 Å². The number of aromatic nitrogens is 1. The summed E-state index contributed by atoms with van der Waals surface area (Å²) in [6, 6.07) is 14.9. The summed E-state index contributed by atoms with van der Waals surface area (Å²) in [6.45, 7) is 1.82. The van der Waals surface area contributed by atoms with Crippen LogP contribution in [-0.2, 0) is 17.1 Å². The number of hydrogen-bond donors (Lipinski definition) is 1. The molecule has 0 atom stereocenters. The van der Waals surface area contributed by atoms with Crippen LogP contribution in [0.25, 0.3) is 16.8 Å². The molecule has 0 saturated carbocycles. The Morgan fingerprint density at radius 2 is 1.83 bits per heavy atom. The van der Waals surface area contributed by atoms with E-state index in [2.05, 4.69) is 31.0 Å². The summed E-state index contributed by atoms with van der Waals surface area (Å²) in [5.41, 5.74) is 1.09. The molecule has 2 aromatic carbocycles. The first-order chi connectivity index (χ1) is 14.2. The number of fused-ring (bicyclic) bond motifs is 1. The molecule has 1 N–H and O–H groups in total. The quantitative estimate of drug-likeness (QED) is 0.427. The van der Waals surface area contributed by atoms with Crippen LogP contribution in [-0.4, -0.2) is 46.6 Å². The van der Waals surface area contributed by atoms with Gasteiger partial charge in [-0.15, -0.1) is 0 Å². The van der Waals surface area contributed by atoms with E-state index in [1.807, 2.05) is 60.4 Å². The molecule has 5 nitrogen and oxygen atoms in total. The van der Waals surface area contributed by atoms with Crippen LogP contribution in [0.4, 0.5) is 0 Å². The summed E-state index contributed by atoms with van der Waals surface area (Å²) < 4.78 is 31.1.